The van der Waals surface area contributed by atoms with Gasteiger partial charge in [0.1, 0.15) is 0 Å². The van der Waals surface area contributed by atoms with E-state index in [1.807, 2.05) is 11.8 Å². The Morgan fingerprint density at radius 2 is 2.15 bits per heavy atom. The van der Waals surface area contributed by atoms with Gasteiger partial charge in [-0.15, -0.1) is 0 Å². The lowest BCUT2D eigenvalue weighted by Gasteiger charge is -2.22. The normalized spacial score (nSPS) is 27.8. The highest BCUT2D eigenvalue weighted by Gasteiger charge is 2.24. The van der Waals surface area contributed by atoms with Gasteiger partial charge in [0.05, 0.1) is 11.5 Å². The second kappa shape index (κ2) is 4.69. The van der Waals surface area contributed by atoms with Crippen molar-refractivity contribution in [3.63, 3.8) is 0 Å². The lowest BCUT2D eigenvalue weighted by Crippen LogP contribution is -2.26. The van der Waals surface area contributed by atoms with Gasteiger partial charge in [0.15, 0.2) is 9.84 Å². The zero-order valence-corrected chi connectivity index (χ0v) is 9.96. The van der Waals surface area contributed by atoms with Crippen LogP contribution in [-0.4, -0.2) is 30.9 Å². The lowest BCUT2D eigenvalue weighted by atomic mass is 10.1. The van der Waals surface area contributed by atoms with E-state index in [4.69, 9.17) is 0 Å². The molecule has 1 heterocycles. The standard InChI is InChI=1S/C9H18O2S2/c1-8(2)12-6-9-4-3-5-13(10,11)7-9/h8-9H,3-7H2,1-2H3. The second-order valence-corrected chi connectivity index (χ2v) is 7.84. The van der Waals surface area contributed by atoms with Crippen molar-refractivity contribution in [2.45, 2.75) is 31.9 Å². The molecule has 1 unspecified atom stereocenters. The van der Waals surface area contributed by atoms with Gasteiger partial charge in [-0.1, -0.05) is 13.8 Å². The summed E-state index contributed by atoms with van der Waals surface area (Å²) in [7, 11) is -2.69. The zero-order chi connectivity index (χ0) is 9.90. The highest BCUT2D eigenvalue weighted by Crippen LogP contribution is 2.23. The molecule has 0 bridgehead atoms. The molecule has 1 aliphatic rings. The molecule has 1 atom stereocenters. The van der Waals surface area contributed by atoms with Crippen LogP contribution < -0.4 is 0 Å². The van der Waals surface area contributed by atoms with E-state index in [1.165, 1.54) is 0 Å². The third kappa shape index (κ3) is 4.36. The van der Waals surface area contributed by atoms with E-state index >= 15 is 0 Å². The predicted octanol–water partition coefficient (Wildman–Crippen LogP) is 1.95. The molecule has 0 aromatic carbocycles. The average molecular weight is 222 g/mol. The van der Waals surface area contributed by atoms with Gasteiger partial charge in [0, 0.05) is 0 Å². The average Bonchev–Trinajstić information content (AvgIpc) is 1.99. The largest absolute Gasteiger partial charge is 0.229 e. The first kappa shape index (κ1) is 11.4. The van der Waals surface area contributed by atoms with Crippen LogP contribution in [-0.2, 0) is 9.84 Å². The summed E-state index contributed by atoms with van der Waals surface area (Å²) in [6.07, 6.45) is 1.96. The minimum absolute atomic E-state index is 0.408. The molecule has 0 aliphatic carbocycles. The maximum Gasteiger partial charge on any atom is 0.150 e. The van der Waals surface area contributed by atoms with Crippen LogP contribution in [0.25, 0.3) is 0 Å². The van der Waals surface area contributed by atoms with Crippen molar-refractivity contribution < 1.29 is 8.42 Å². The fraction of sp³-hybridized carbons (Fsp3) is 1.00. The summed E-state index contributed by atoms with van der Waals surface area (Å²) in [5, 5.41) is 0.615. The van der Waals surface area contributed by atoms with Gasteiger partial charge < -0.3 is 0 Å². The zero-order valence-electron chi connectivity index (χ0n) is 8.32. The van der Waals surface area contributed by atoms with E-state index in [9.17, 15) is 8.42 Å². The molecule has 1 fully saturated rings. The maximum absolute atomic E-state index is 11.3. The summed E-state index contributed by atoms with van der Waals surface area (Å²) in [6.45, 7) is 4.31. The third-order valence-electron chi connectivity index (χ3n) is 2.22. The van der Waals surface area contributed by atoms with Crippen LogP contribution in [0.4, 0.5) is 0 Å². The van der Waals surface area contributed by atoms with Gasteiger partial charge in [-0.2, -0.15) is 11.8 Å². The van der Waals surface area contributed by atoms with E-state index in [0.717, 1.165) is 18.6 Å². The van der Waals surface area contributed by atoms with E-state index < -0.39 is 9.84 Å². The van der Waals surface area contributed by atoms with Crippen molar-refractivity contribution in [3.05, 3.63) is 0 Å². The lowest BCUT2D eigenvalue weighted by molar-refractivity contribution is 0.520. The number of hydrogen-bond donors (Lipinski definition) is 0. The first-order chi connectivity index (χ1) is 5.99. The molecule has 0 N–H and O–H groups in total. The van der Waals surface area contributed by atoms with Gasteiger partial charge >= 0.3 is 0 Å². The minimum atomic E-state index is -2.69. The Balaban J connectivity index is 2.35. The molecular formula is C9H18O2S2. The second-order valence-electron chi connectivity index (χ2n) is 4.00. The number of hydrogen-bond acceptors (Lipinski definition) is 3. The van der Waals surface area contributed by atoms with Crippen LogP contribution in [0.15, 0.2) is 0 Å². The molecule has 13 heavy (non-hydrogen) atoms. The number of sulfone groups is 1. The first-order valence-electron chi connectivity index (χ1n) is 4.81. The molecule has 0 amide bonds. The molecule has 0 aromatic rings. The molecule has 78 valence electrons. The van der Waals surface area contributed by atoms with Crippen molar-refractivity contribution in [1.82, 2.24) is 0 Å². The van der Waals surface area contributed by atoms with Crippen molar-refractivity contribution in [3.8, 4) is 0 Å². The van der Waals surface area contributed by atoms with Crippen LogP contribution in [0.3, 0.4) is 0 Å². The monoisotopic (exact) mass is 222 g/mol. The molecule has 1 saturated heterocycles. The Kier molecular flexibility index (Phi) is 4.10. The molecule has 0 radical (unpaired) electrons. The van der Waals surface area contributed by atoms with Crippen molar-refractivity contribution in [2.24, 2.45) is 5.92 Å². The van der Waals surface area contributed by atoms with Gasteiger partial charge in [-0.05, 0) is 29.8 Å². The topological polar surface area (TPSA) is 34.1 Å². The fourth-order valence-electron chi connectivity index (χ4n) is 1.58. The molecule has 0 spiro atoms. The molecular weight excluding hydrogens is 204 g/mol. The van der Waals surface area contributed by atoms with Crippen LogP contribution in [0.5, 0.6) is 0 Å². The Hall–Kier alpha value is 0.300. The first-order valence-corrected chi connectivity index (χ1v) is 7.68. The van der Waals surface area contributed by atoms with Crippen molar-refractivity contribution >= 4 is 21.6 Å². The van der Waals surface area contributed by atoms with Crippen LogP contribution in [0.2, 0.25) is 0 Å². The highest BCUT2D eigenvalue weighted by molar-refractivity contribution is 7.99. The van der Waals surface area contributed by atoms with E-state index in [2.05, 4.69) is 13.8 Å². The van der Waals surface area contributed by atoms with Gasteiger partial charge in [0.2, 0.25) is 0 Å². The maximum atomic E-state index is 11.3. The van der Waals surface area contributed by atoms with Gasteiger partial charge in [0.25, 0.3) is 0 Å². The van der Waals surface area contributed by atoms with Crippen molar-refractivity contribution in [2.75, 3.05) is 17.3 Å². The Bertz CT molecular complexity index is 244. The van der Waals surface area contributed by atoms with Gasteiger partial charge in [-0.3, -0.25) is 0 Å². The third-order valence-corrected chi connectivity index (χ3v) is 5.44. The Morgan fingerprint density at radius 1 is 1.46 bits per heavy atom. The highest BCUT2D eigenvalue weighted by atomic mass is 32.2. The summed E-state index contributed by atoms with van der Waals surface area (Å²) < 4.78 is 22.6. The quantitative estimate of drug-likeness (QED) is 0.732. The predicted molar refractivity (Wildman–Crippen MR) is 59.0 cm³/mol. The summed E-state index contributed by atoms with van der Waals surface area (Å²) in [5.41, 5.74) is 0. The Morgan fingerprint density at radius 3 is 2.69 bits per heavy atom. The van der Waals surface area contributed by atoms with Crippen LogP contribution >= 0.6 is 11.8 Å². The summed E-state index contributed by atoms with van der Waals surface area (Å²) in [6, 6.07) is 0. The Labute approximate surface area is 85.4 Å². The summed E-state index contributed by atoms with van der Waals surface area (Å²) in [5.74, 6) is 2.26. The molecule has 0 aromatic heterocycles. The fourth-order valence-corrected chi connectivity index (χ4v) is 4.44. The smallest absolute Gasteiger partial charge is 0.150 e. The molecule has 4 heteroatoms. The number of thioether (sulfide) groups is 1. The number of rotatable bonds is 3. The SMILES string of the molecule is CC(C)SCC1CCCS(=O)(=O)C1. The molecule has 2 nitrogen and oxygen atoms in total. The van der Waals surface area contributed by atoms with Crippen LogP contribution in [0, 0.1) is 5.92 Å². The minimum Gasteiger partial charge on any atom is -0.229 e. The van der Waals surface area contributed by atoms with Gasteiger partial charge in [-0.25, -0.2) is 8.42 Å². The molecule has 1 rings (SSSR count). The van der Waals surface area contributed by atoms with E-state index in [0.29, 0.717) is 22.7 Å². The van der Waals surface area contributed by atoms with Crippen molar-refractivity contribution in [1.29, 1.82) is 0 Å². The van der Waals surface area contributed by atoms with Crippen LogP contribution in [0.1, 0.15) is 26.7 Å². The summed E-state index contributed by atoms with van der Waals surface area (Å²) >= 11 is 1.87. The molecule has 0 saturated carbocycles. The summed E-state index contributed by atoms with van der Waals surface area (Å²) in [4.78, 5) is 0. The van der Waals surface area contributed by atoms with E-state index in [-0.39, 0.29) is 0 Å². The van der Waals surface area contributed by atoms with E-state index in [1.54, 1.807) is 0 Å². The molecule has 1 aliphatic heterocycles.